The summed E-state index contributed by atoms with van der Waals surface area (Å²) in [5, 5.41) is 11.3. The van der Waals surface area contributed by atoms with Gasteiger partial charge in [-0.15, -0.1) is 0 Å². The molecule has 4 rings (SSSR count). The lowest BCUT2D eigenvalue weighted by Crippen LogP contribution is -2.19. The van der Waals surface area contributed by atoms with Gasteiger partial charge in [0, 0.05) is 23.7 Å². The Kier molecular flexibility index (Phi) is 6.96. The molecule has 3 aromatic rings. The molecule has 1 fully saturated rings. The molecule has 0 saturated heterocycles. The van der Waals surface area contributed by atoms with Gasteiger partial charge in [0.05, 0.1) is 10.7 Å². The largest absolute Gasteiger partial charge is 0.383 e. The normalized spacial score (nSPS) is 14.6. The third-order valence-corrected chi connectivity index (χ3v) is 5.98. The molecular weight excluding hydrogens is 427 g/mol. The Labute approximate surface area is 193 Å². The van der Waals surface area contributed by atoms with Gasteiger partial charge in [0.1, 0.15) is 17.2 Å². The molecule has 1 unspecified atom stereocenters. The first kappa shape index (κ1) is 22.6. The molecule has 0 radical (unpaired) electrons. The summed E-state index contributed by atoms with van der Waals surface area (Å²) >= 11 is 5.95. The molecule has 0 amide bonds. The minimum atomic E-state index is -0.457. The van der Waals surface area contributed by atoms with E-state index in [4.69, 9.17) is 21.6 Å². The lowest BCUT2D eigenvalue weighted by Gasteiger charge is -2.18. The molecule has 1 aliphatic rings. The zero-order valence-corrected chi connectivity index (χ0v) is 19.5. The van der Waals surface area contributed by atoms with Crippen LogP contribution in [0.3, 0.4) is 0 Å². The van der Waals surface area contributed by atoms with Gasteiger partial charge in [0.2, 0.25) is 5.95 Å². The Morgan fingerprint density at radius 3 is 2.72 bits per heavy atom. The Bertz CT molecular complexity index is 1090. The van der Waals surface area contributed by atoms with Crippen LogP contribution in [0.4, 0.5) is 27.5 Å². The molecule has 6 nitrogen and oxygen atoms in total. The number of rotatable bonds is 10. The molecule has 1 atom stereocenters. The highest BCUT2D eigenvalue weighted by Crippen LogP contribution is 2.36. The summed E-state index contributed by atoms with van der Waals surface area (Å²) < 4.78 is 13.6. The average molecular weight is 457 g/mol. The number of anilines is 4. The number of hydrogen-bond donors (Lipinski definition) is 3. The summed E-state index contributed by atoms with van der Waals surface area (Å²) in [5.41, 5.74) is 2.44. The molecule has 3 N–H and O–H groups in total. The van der Waals surface area contributed by atoms with Crippen LogP contribution in [0.2, 0.25) is 5.02 Å². The second-order valence-corrected chi connectivity index (χ2v) is 9.11. The van der Waals surface area contributed by atoms with Crippen molar-refractivity contribution in [3.05, 3.63) is 47.2 Å². The van der Waals surface area contributed by atoms with Crippen molar-refractivity contribution < 1.29 is 4.39 Å². The number of para-hydroxylation sites is 1. The van der Waals surface area contributed by atoms with Crippen molar-refractivity contribution in [2.75, 3.05) is 43.1 Å². The highest BCUT2D eigenvalue weighted by atomic mass is 35.5. The Morgan fingerprint density at radius 1 is 1.19 bits per heavy atom. The summed E-state index contributed by atoms with van der Waals surface area (Å²) in [5.74, 6) is 1.46. The van der Waals surface area contributed by atoms with Gasteiger partial charge in [-0.2, -0.15) is 4.98 Å². The van der Waals surface area contributed by atoms with Crippen LogP contribution in [0.1, 0.15) is 26.2 Å². The van der Waals surface area contributed by atoms with Gasteiger partial charge in [0.15, 0.2) is 0 Å². The fourth-order valence-corrected chi connectivity index (χ4v) is 3.89. The summed E-state index contributed by atoms with van der Waals surface area (Å²) in [4.78, 5) is 11.7. The van der Waals surface area contributed by atoms with Crippen LogP contribution >= 0.6 is 11.6 Å². The van der Waals surface area contributed by atoms with Gasteiger partial charge in [-0.25, -0.2) is 9.37 Å². The fraction of sp³-hybridized carbons (Fsp3) is 0.417. The van der Waals surface area contributed by atoms with E-state index in [-0.39, 0.29) is 5.02 Å². The molecule has 0 aliphatic heterocycles. The van der Waals surface area contributed by atoms with E-state index in [1.54, 1.807) is 6.07 Å². The van der Waals surface area contributed by atoms with E-state index in [9.17, 15) is 4.39 Å². The zero-order chi connectivity index (χ0) is 22.7. The Hall–Kier alpha value is -2.64. The van der Waals surface area contributed by atoms with Crippen molar-refractivity contribution in [3.8, 4) is 0 Å². The van der Waals surface area contributed by atoms with E-state index in [0.29, 0.717) is 23.6 Å². The van der Waals surface area contributed by atoms with Crippen molar-refractivity contribution in [1.29, 1.82) is 0 Å². The quantitative estimate of drug-likeness (QED) is 0.338. The van der Waals surface area contributed by atoms with Gasteiger partial charge in [-0.1, -0.05) is 17.7 Å². The molecule has 8 heteroatoms. The maximum Gasteiger partial charge on any atom is 0.229 e. The van der Waals surface area contributed by atoms with Crippen LogP contribution < -0.4 is 16.0 Å². The first-order chi connectivity index (χ1) is 15.4. The third kappa shape index (κ3) is 5.58. The van der Waals surface area contributed by atoms with Crippen LogP contribution in [0.15, 0.2) is 36.4 Å². The highest BCUT2D eigenvalue weighted by Gasteiger charge is 2.28. The van der Waals surface area contributed by atoms with Gasteiger partial charge in [0.25, 0.3) is 0 Å². The Balaban J connectivity index is 1.66. The van der Waals surface area contributed by atoms with E-state index in [1.807, 2.05) is 18.2 Å². The topological polar surface area (TPSA) is 65.1 Å². The third-order valence-electron chi connectivity index (χ3n) is 5.69. The van der Waals surface area contributed by atoms with E-state index < -0.39 is 5.82 Å². The van der Waals surface area contributed by atoms with Crippen molar-refractivity contribution in [1.82, 2.24) is 14.9 Å². The molecule has 0 bridgehead atoms. The number of hydrogen-bond acceptors (Lipinski definition) is 6. The van der Waals surface area contributed by atoms with Gasteiger partial charge in [-0.05, 0) is 83.1 Å². The monoisotopic (exact) mass is 456 g/mol. The Morgan fingerprint density at radius 2 is 2.00 bits per heavy atom. The van der Waals surface area contributed by atoms with Gasteiger partial charge >= 0.3 is 0 Å². The van der Waals surface area contributed by atoms with Crippen molar-refractivity contribution in [2.45, 2.75) is 32.2 Å². The van der Waals surface area contributed by atoms with E-state index in [1.165, 1.54) is 25.0 Å². The number of nitrogens with zero attached hydrogens (tertiary/aromatic N) is 3. The lowest BCUT2D eigenvalue weighted by atomic mass is 10.1. The number of nitrogens with one attached hydrogen (secondary N) is 3. The summed E-state index contributed by atoms with van der Waals surface area (Å²) in [6.45, 7) is 4.05. The number of benzene rings is 2. The van der Waals surface area contributed by atoms with Crippen LogP contribution in [0, 0.1) is 11.7 Å². The fourth-order valence-electron chi connectivity index (χ4n) is 3.71. The molecule has 1 aromatic heterocycles. The minimum Gasteiger partial charge on any atom is -0.383 e. The number of fused-ring (bicyclic) bond motifs is 1. The number of halogens is 2. The van der Waals surface area contributed by atoms with Crippen LogP contribution in [-0.4, -0.2) is 48.1 Å². The SMILES string of the molecule is CC(Nc1nc(Nc2ccc(F)c(Cl)c2)nc2c(NCCCN(C)C)cccc12)C1CC1. The maximum atomic E-state index is 13.6. The molecule has 170 valence electrons. The van der Waals surface area contributed by atoms with Crippen molar-refractivity contribution >= 4 is 45.6 Å². The maximum absolute atomic E-state index is 13.6. The summed E-state index contributed by atoms with van der Waals surface area (Å²) in [6.07, 6.45) is 3.52. The molecule has 1 saturated carbocycles. The van der Waals surface area contributed by atoms with E-state index in [2.05, 4.69) is 41.9 Å². The molecule has 32 heavy (non-hydrogen) atoms. The van der Waals surface area contributed by atoms with Gasteiger partial charge < -0.3 is 20.9 Å². The summed E-state index contributed by atoms with van der Waals surface area (Å²) in [6, 6.07) is 10.9. The predicted octanol–water partition coefficient (Wildman–Crippen LogP) is 5.74. The van der Waals surface area contributed by atoms with E-state index >= 15 is 0 Å². The predicted molar refractivity (Wildman–Crippen MR) is 132 cm³/mol. The van der Waals surface area contributed by atoms with Crippen LogP contribution in [-0.2, 0) is 0 Å². The van der Waals surface area contributed by atoms with Crippen molar-refractivity contribution in [3.63, 3.8) is 0 Å². The molecule has 1 heterocycles. The molecule has 1 aliphatic carbocycles. The first-order valence-electron chi connectivity index (χ1n) is 11.1. The smallest absolute Gasteiger partial charge is 0.229 e. The second kappa shape index (κ2) is 9.88. The summed E-state index contributed by atoms with van der Waals surface area (Å²) in [7, 11) is 4.15. The number of aromatic nitrogens is 2. The second-order valence-electron chi connectivity index (χ2n) is 8.71. The molecule has 2 aromatic carbocycles. The molecule has 0 spiro atoms. The van der Waals surface area contributed by atoms with E-state index in [0.717, 1.165) is 41.9 Å². The minimum absolute atomic E-state index is 0.0553. The standard InChI is InChI=1S/C24H30ClFN6/c1-15(16-8-9-16)28-23-18-6-4-7-21(27-12-5-13-32(2)3)22(18)30-24(31-23)29-17-10-11-20(26)19(25)14-17/h4,6-7,10-11,14-16,27H,5,8-9,12-13H2,1-3H3,(H2,28,29,30,31). The van der Waals surface area contributed by atoms with Crippen LogP contribution in [0.5, 0.6) is 0 Å². The lowest BCUT2D eigenvalue weighted by molar-refractivity contribution is 0.405. The van der Waals surface area contributed by atoms with Crippen molar-refractivity contribution in [2.24, 2.45) is 5.92 Å². The first-order valence-corrected chi connectivity index (χ1v) is 11.5. The highest BCUT2D eigenvalue weighted by molar-refractivity contribution is 6.31. The van der Waals surface area contributed by atoms with Crippen LogP contribution in [0.25, 0.3) is 10.9 Å². The zero-order valence-electron chi connectivity index (χ0n) is 18.8. The van der Waals surface area contributed by atoms with Gasteiger partial charge in [-0.3, -0.25) is 0 Å². The average Bonchev–Trinajstić information content (AvgIpc) is 3.59. The molecular formula is C24H30ClFN6.